The van der Waals surface area contributed by atoms with Gasteiger partial charge in [-0.15, -0.1) is 40.5 Å². The molecule has 0 bridgehead atoms. The van der Waals surface area contributed by atoms with Gasteiger partial charge < -0.3 is 51.4 Å². The van der Waals surface area contributed by atoms with Crippen LogP contribution in [-0.4, -0.2) is 113 Å². The quantitative estimate of drug-likeness (QED) is 0.0955. The molecule has 37 heavy (non-hydrogen) atoms. The highest BCUT2D eigenvalue weighted by Gasteiger charge is 2.26. The number of hydrogen-bond donors (Lipinski definition) is 11. The first kappa shape index (κ1) is 38.8. The third kappa shape index (κ3) is 23.5. The summed E-state index contributed by atoms with van der Waals surface area (Å²) >= 11 is 0. The van der Waals surface area contributed by atoms with Crippen LogP contribution < -0.4 is 11.2 Å². The topological polar surface area (TPSA) is 438 Å². The second kappa shape index (κ2) is 21.1. The number of nitrogens with one attached hydrogen (secondary N) is 2. The molecule has 27 heteroatoms. The lowest BCUT2D eigenvalue weighted by Gasteiger charge is -2.23. The van der Waals surface area contributed by atoms with Gasteiger partial charge in [-0.1, -0.05) is 4.73 Å². The Balaban J connectivity index is -0.000000193. The third-order valence-corrected chi connectivity index (χ3v) is 2.80. The first-order valence-corrected chi connectivity index (χ1v) is 8.02. The minimum absolute atomic E-state index is 0.0134. The van der Waals surface area contributed by atoms with E-state index in [-0.39, 0.29) is 15.9 Å². The van der Waals surface area contributed by atoms with Gasteiger partial charge in [0.25, 0.3) is 20.3 Å². The summed E-state index contributed by atoms with van der Waals surface area (Å²) < 4.78 is -0.0134. The Morgan fingerprint density at radius 3 is 1.32 bits per heavy atom. The summed E-state index contributed by atoms with van der Waals surface area (Å²) in [6.45, 7) is -1.62. The molecule has 0 aliphatic rings. The van der Waals surface area contributed by atoms with Gasteiger partial charge in [0.15, 0.2) is 11.2 Å². The maximum atomic E-state index is 11.0. The molecule has 2 heterocycles. The molecule has 0 spiro atoms. The summed E-state index contributed by atoms with van der Waals surface area (Å²) in [6.07, 6.45) is 1.25. The lowest BCUT2D eigenvalue weighted by atomic mass is 9.93. The standard InChI is InChI=1S/C5H4N4O3.C5H12O4.4HNO3/c10-4-2-3(7-1-6-2)8-5(11)9(4)12;6-1-5(2-7,3-8)4-9;4*2-1(3)4/h1,12H,(H,6,7)(H,8,11);6-9H,1-4H2;4*(H,2,3,4). The number of imidazole rings is 1. The molecular formula is C10H20N8O19. The fraction of sp³-hybridized carbons (Fsp3) is 0.500. The van der Waals surface area contributed by atoms with E-state index in [1.54, 1.807) is 0 Å². The van der Waals surface area contributed by atoms with E-state index >= 15 is 0 Å². The van der Waals surface area contributed by atoms with Gasteiger partial charge in [0.05, 0.1) is 38.2 Å². The fourth-order valence-corrected chi connectivity index (χ4v) is 1.20. The van der Waals surface area contributed by atoms with Crippen LogP contribution >= 0.6 is 0 Å². The first-order chi connectivity index (χ1) is 16.9. The molecule has 27 nitrogen and oxygen atoms in total. The van der Waals surface area contributed by atoms with E-state index in [0.717, 1.165) is 0 Å². The Hall–Kier alpha value is -5.41. The average Bonchev–Trinajstić information content (AvgIpc) is 3.22. The van der Waals surface area contributed by atoms with E-state index < -0.39 is 63.4 Å². The van der Waals surface area contributed by atoms with Crippen LogP contribution in [0.4, 0.5) is 0 Å². The van der Waals surface area contributed by atoms with E-state index in [2.05, 4.69) is 15.0 Å². The molecule has 2 rings (SSSR count). The van der Waals surface area contributed by atoms with Crippen molar-refractivity contribution in [2.24, 2.45) is 5.41 Å². The maximum absolute atomic E-state index is 11.0. The van der Waals surface area contributed by atoms with Crippen LogP contribution in [0.2, 0.25) is 0 Å². The highest BCUT2D eigenvalue weighted by molar-refractivity contribution is 5.67. The number of aromatic nitrogens is 4. The van der Waals surface area contributed by atoms with Gasteiger partial charge in [-0.25, -0.2) is 9.78 Å². The van der Waals surface area contributed by atoms with Crippen molar-refractivity contribution < 1.29 is 66.8 Å². The van der Waals surface area contributed by atoms with Crippen molar-refractivity contribution in [2.75, 3.05) is 26.4 Å². The zero-order valence-electron chi connectivity index (χ0n) is 17.7. The molecule has 0 radical (unpaired) electrons. The number of aliphatic hydroxyl groups excluding tert-OH is 4. The number of rotatable bonds is 4. The first-order valence-electron chi connectivity index (χ1n) is 8.02. The van der Waals surface area contributed by atoms with Crippen molar-refractivity contribution in [2.45, 2.75) is 0 Å². The minimum atomic E-state index is -1.50. The Morgan fingerprint density at radius 1 is 0.784 bits per heavy atom. The molecule has 0 aliphatic carbocycles. The lowest BCUT2D eigenvalue weighted by Crippen LogP contribution is -2.37. The number of fused-ring (bicyclic) bond motifs is 1. The molecule has 11 N–H and O–H groups in total. The molecule has 2 aromatic rings. The van der Waals surface area contributed by atoms with Crippen LogP contribution in [0.15, 0.2) is 15.9 Å². The fourth-order valence-electron chi connectivity index (χ4n) is 1.20. The molecule has 0 saturated carbocycles. The molecule has 0 saturated heterocycles. The highest BCUT2D eigenvalue weighted by atomic mass is 16.9. The average molecular weight is 556 g/mol. The van der Waals surface area contributed by atoms with E-state index in [1.165, 1.54) is 6.33 Å². The van der Waals surface area contributed by atoms with Crippen LogP contribution in [-0.2, 0) is 0 Å². The van der Waals surface area contributed by atoms with E-state index in [4.69, 9.17) is 86.9 Å². The van der Waals surface area contributed by atoms with Gasteiger partial charge >= 0.3 is 11.2 Å². The maximum Gasteiger partial charge on any atom is 0.363 e. The molecule has 0 aliphatic heterocycles. The summed E-state index contributed by atoms with van der Waals surface area (Å²) in [4.78, 5) is 63.6. The number of aliphatic hydroxyl groups is 4. The molecule has 0 amide bonds. The van der Waals surface area contributed by atoms with Gasteiger partial charge in [-0.3, -0.25) is 9.78 Å². The summed E-state index contributed by atoms with van der Waals surface area (Å²) in [5.74, 6) is 0. The van der Waals surface area contributed by atoms with Crippen molar-refractivity contribution in [3.05, 3.63) is 67.6 Å². The molecule has 0 fully saturated rings. The second-order valence-electron chi connectivity index (χ2n) is 5.26. The normalized spacial score (nSPS) is 8.97. The third-order valence-electron chi connectivity index (χ3n) is 2.80. The zero-order valence-corrected chi connectivity index (χ0v) is 17.7. The smallest absolute Gasteiger partial charge is 0.363 e. The predicted molar refractivity (Wildman–Crippen MR) is 104 cm³/mol. The van der Waals surface area contributed by atoms with Crippen LogP contribution in [0.1, 0.15) is 0 Å². The number of nitrogens with zero attached hydrogens (tertiary/aromatic N) is 6. The highest BCUT2D eigenvalue weighted by Crippen LogP contribution is 2.11. The molecule has 214 valence electrons. The Bertz CT molecular complexity index is 976. The van der Waals surface area contributed by atoms with Crippen LogP contribution in [0.5, 0.6) is 0 Å². The van der Waals surface area contributed by atoms with E-state index in [0.29, 0.717) is 0 Å². The monoisotopic (exact) mass is 556 g/mol. The van der Waals surface area contributed by atoms with Crippen molar-refractivity contribution in [1.29, 1.82) is 0 Å². The van der Waals surface area contributed by atoms with Crippen molar-refractivity contribution in [3.63, 3.8) is 0 Å². The number of aromatic amines is 2. The Kier molecular flexibility index (Phi) is 22.2. The van der Waals surface area contributed by atoms with E-state index in [9.17, 15) is 9.59 Å². The van der Waals surface area contributed by atoms with Gasteiger partial charge in [-0.05, 0) is 0 Å². The largest absolute Gasteiger partial charge is 0.421 e. The SMILES string of the molecule is O=[N+]([O-])O.O=[N+]([O-])O.O=[N+]([O-])O.O=[N+]([O-])O.O=c1[nH]c2nc[nH]c2c(=O)n1O.OCC(CO)(CO)CO. The van der Waals surface area contributed by atoms with Crippen LogP contribution in [0, 0.1) is 45.9 Å². The summed E-state index contributed by atoms with van der Waals surface area (Å²) in [7, 11) is 0. The number of hydrogen-bond acceptors (Lipinski definition) is 16. The summed E-state index contributed by atoms with van der Waals surface area (Å²) in [6, 6.07) is 0. The minimum Gasteiger partial charge on any atom is -0.421 e. The molecule has 0 atom stereocenters. The van der Waals surface area contributed by atoms with Crippen LogP contribution in [0.3, 0.4) is 0 Å². The van der Waals surface area contributed by atoms with Gasteiger partial charge in [0.1, 0.15) is 0 Å². The van der Waals surface area contributed by atoms with Gasteiger partial charge in [0.2, 0.25) is 0 Å². The number of H-pyrrole nitrogens is 2. The Labute approximate surface area is 198 Å². The summed E-state index contributed by atoms with van der Waals surface area (Å²) in [5.41, 5.74) is -2.63. The molecule has 0 aromatic carbocycles. The van der Waals surface area contributed by atoms with Crippen molar-refractivity contribution in [3.8, 4) is 0 Å². The zero-order chi connectivity index (χ0) is 30.4. The second-order valence-corrected chi connectivity index (χ2v) is 5.26. The lowest BCUT2D eigenvalue weighted by molar-refractivity contribution is -0.742. The van der Waals surface area contributed by atoms with Gasteiger partial charge in [0, 0.05) is 0 Å². The summed E-state index contributed by atoms with van der Waals surface area (Å²) in [5, 5.41) is 97.4. The van der Waals surface area contributed by atoms with Gasteiger partial charge in [-0.2, -0.15) is 0 Å². The Morgan fingerprint density at radius 2 is 1.08 bits per heavy atom. The molecule has 0 unspecified atom stereocenters. The van der Waals surface area contributed by atoms with E-state index in [1.807, 2.05) is 0 Å². The van der Waals surface area contributed by atoms with Crippen molar-refractivity contribution >= 4 is 11.2 Å². The van der Waals surface area contributed by atoms with Crippen molar-refractivity contribution in [1.82, 2.24) is 19.7 Å². The molecular weight excluding hydrogens is 536 g/mol. The van der Waals surface area contributed by atoms with Crippen LogP contribution in [0.25, 0.3) is 11.2 Å². The predicted octanol–water partition coefficient (Wildman–Crippen LogP) is -4.80. The molecule has 2 aromatic heterocycles.